The van der Waals surface area contributed by atoms with Gasteiger partial charge in [0.1, 0.15) is 5.75 Å². The Morgan fingerprint density at radius 3 is 2.75 bits per heavy atom. The molecule has 0 saturated carbocycles. The molecule has 112 valence electrons. The molecule has 0 aliphatic rings. The lowest BCUT2D eigenvalue weighted by Crippen LogP contribution is -2.39. The van der Waals surface area contributed by atoms with Gasteiger partial charge < -0.3 is 15.0 Å². The molecule has 4 heteroatoms. The van der Waals surface area contributed by atoms with Gasteiger partial charge in [-0.1, -0.05) is 19.1 Å². The average molecular weight is 278 g/mol. The summed E-state index contributed by atoms with van der Waals surface area (Å²) in [6, 6.07) is 7.78. The third kappa shape index (κ3) is 6.06. The Bertz CT molecular complexity index is 419. The second kappa shape index (κ2) is 8.59. The monoisotopic (exact) mass is 278 g/mol. The minimum atomic E-state index is -0.420. The third-order valence-corrected chi connectivity index (χ3v) is 3.01. The second-order valence-corrected chi connectivity index (χ2v) is 5.28. The molecule has 1 aromatic carbocycles. The van der Waals surface area contributed by atoms with Gasteiger partial charge in [-0.05, 0) is 58.1 Å². The van der Waals surface area contributed by atoms with Gasteiger partial charge in [0.05, 0.1) is 0 Å². The molecule has 0 saturated heterocycles. The predicted molar refractivity (Wildman–Crippen MR) is 82.1 cm³/mol. The molecule has 1 amide bonds. The van der Waals surface area contributed by atoms with Gasteiger partial charge in [0, 0.05) is 6.54 Å². The first-order valence-corrected chi connectivity index (χ1v) is 7.18. The summed E-state index contributed by atoms with van der Waals surface area (Å²) in [5, 5.41) is 2.93. The van der Waals surface area contributed by atoms with Gasteiger partial charge in [-0.3, -0.25) is 4.79 Å². The molecule has 20 heavy (non-hydrogen) atoms. The number of amides is 1. The fourth-order valence-corrected chi connectivity index (χ4v) is 1.90. The van der Waals surface area contributed by atoms with Crippen LogP contribution in [-0.4, -0.2) is 44.1 Å². The maximum Gasteiger partial charge on any atom is 0.261 e. The highest BCUT2D eigenvalue weighted by molar-refractivity contribution is 5.81. The van der Waals surface area contributed by atoms with E-state index >= 15 is 0 Å². The second-order valence-electron chi connectivity index (χ2n) is 5.28. The van der Waals surface area contributed by atoms with E-state index in [9.17, 15) is 4.79 Å². The predicted octanol–water partition coefficient (Wildman–Crippen LogP) is 2.22. The van der Waals surface area contributed by atoms with Crippen molar-refractivity contribution in [3.63, 3.8) is 0 Å². The zero-order valence-corrected chi connectivity index (χ0v) is 13.0. The first-order valence-electron chi connectivity index (χ1n) is 7.18. The summed E-state index contributed by atoms with van der Waals surface area (Å²) in [5.41, 5.74) is 1.13. The van der Waals surface area contributed by atoms with Crippen molar-refractivity contribution >= 4 is 5.91 Å². The van der Waals surface area contributed by atoms with E-state index in [1.807, 2.05) is 52.2 Å². The van der Waals surface area contributed by atoms with E-state index in [0.717, 1.165) is 24.3 Å². The number of rotatable bonds is 8. The average Bonchev–Trinajstić information content (AvgIpc) is 2.40. The number of carbonyl (C=O) groups excluding carboxylic acids is 1. The van der Waals surface area contributed by atoms with Crippen molar-refractivity contribution in [1.29, 1.82) is 0 Å². The van der Waals surface area contributed by atoms with E-state index in [2.05, 4.69) is 10.2 Å². The van der Waals surface area contributed by atoms with Crippen LogP contribution in [0.2, 0.25) is 0 Å². The highest BCUT2D eigenvalue weighted by Gasteiger charge is 2.17. The Balaban J connectivity index is 2.43. The summed E-state index contributed by atoms with van der Waals surface area (Å²) in [5.74, 6) is 0.716. The van der Waals surface area contributed by atoms with E-state index in [1.54, 1.807) is 0 Å². The van der Waals surface area contributed by atoms with Gasteiger partial charge in [0.2, 0.25) is 0 Å². The van der Waals surface area contributed by atoms with Crippen LogP contribution < -0.4 is 10.1 Å². The van der Waals surface area contributed by atoms with Crippen LogP contribution in [0.4, 0.5) is 0 Å². The Morgan fingerprint density at radius 1 is 1.40 bits per heavy atom. The Hall–Kier alpha value is -1.55. The van der Waals surface area contributed by atoms with Gasteiger partial charge in [-0.15, -0.1) is 0 Å². The number of ether oxygens (including phenoxy) is 1. The molecule has 0 aromatic heterocycles. The van der Waals surface area contributed by atoms with Crippen molar-refractivity contribution in [3.8, 4) is 5.75 Å². The van der Waals surface area contributed by atoms with Crippen LogP contribution in [0.3, 0.4) is 0 Å². The van der Waals surface area contributed by atoms with Crippen molar-refractivity contribution < 1.29 is 9.53 Å². The third-order valence-electron chi connectivity index (χ3n) is 3.01. The quantitative estimate of drug-likeness (QED) is 0.741. The SMILES string of the molecule is CCC(Oc1cccc(C)c1)C(=O)NCCCN(C)C. The van der Waals surface area contributed by atoms with E-state index in [0.29, 0.717) is 13.0 Å². The molecule has 1 N–H and O–H groups in total. The van der Waals surface area contributed by atoms with Crippen molar-refractivity contribution in [1.82, 2.24) is 10.2 Å². The van der Waals surface area contributed by atoms with E-state index in [4.69, 9.17) is 4.74 Å². The minimum absolute atomic E-state index is 0.0345. The van der Waals surface area contributed by atoms with Crippen molar-refractivity contribution in [2.75, 3.05) is 27.2 Å². The fourth-order valence-electron chi connectivity index (χ4n) is 1.90. The number of hydrogen-bond acceptors (Lipinski definition) is 3. The Kier molecular flexibility index (Phi) is 7.09. The summed E-state index contributed by atoms with van der Waals surface area (Å²) in [6.07, 6.45) is 1.18. The maximum atomic E-state index is 12.1. The minimum Gasteiger partial charge on any atom is -0.481 e. The Labute approximate surface area is 122 Å². The molecule has 1 rings (SSSR count). The largest absolute Gasteiger partial charge is 0.481 e. The number of nitrogens with zero attached hydrogens (tertiary/aromatic N) is 1. The molecule has 0 aliphatic carbocycles. The summed E-state index contributed by atoms with van der Waals surface area (Å²) >= 11 is 0. The molecule has 1 aromatic rings. The number of carbonyl (C=O) groups is 1. The van der Waals surface area contributed by atoms with Crippen LogP contribution in [0.15, 0.2) is 24.3 Å². The fraction of sp³-hybridized carbons (Fsp3) is 0.562. The van der Waals surface area contributed by atoms with E-state index < -0.39 is 6.10 Å². The van der Waals surface area contributed by atoms with Crippen molar-refractivity contribution in [3.05, 3.63) is 29.8 Å². The molecule has 1 unspecified atom stereocenters. The van der Waals surface area contributed by atoms with Crippen LogP contribution in [0.25, 0.3) is 0 Å². The number of hydrogen-bond donors (Lipinski definition) is 1. The Morgan fingerprint density at radius 2 is 2.15 bits per heavy atom. The lowest BCUT2D eigenvalue weighted by Gasteiger charge is -2.18. The van der Waals surface area contributed by atoms with Gasteiger partial charge in [-0.2, -0.15) is 0 Å². The van der Waals surface area contributed by atoms with Crippen molar-refractivity contribution in [2.45, 2.75) is 32.8 Å². The van der Waals surface area contributed by atoms with Crippen molar-refractivity contribution in [2.24, 2.45) is 0 Å². The molecular weight excluding hydrogens is 252 g/mol. The normalized spacial score (nSPS) is 12.2. The molecule has 1 atom stereocenters. The molecule has 0 radical (unpaired) electrons. The van der Waals surface area contributed by atoms with E-state index in [-0.39, 0.29) is 5.91 Å². The first kappa shape index (κ1) is 16.5. The van der Waals surface area contributed by atoms with Crippen LogP contribution in [0.1, 0.15) is 25.3 Å². The van der Waals surface area contributed by atoms with Crippen LogP contribution in [-0.2, 0) is 4.79 Å². The van der Waals surface area contributed by atoms with Gasteiger partial charge in [0.15, 0.2) is 6.10 Å². The molecule has 0 aliphatic heterocycles. The molecule has 0 bridgehead atoms. The standard InChI is InChI=1S/C16H26N2O2/c1-5-15(16(19)17-10-7-11-18(3)4)20-14-9-6-8-13(2)12-14/h6,8-9,12,15H,5,7,10-11H2,1-4H3,(H,17,19). The summed E-state index contributed by atoms with van der Waals surface area (Å²) in [4.78, 5) is 14.2. The molecule has 4 nitrogen and oxygen atoms in total. The number of benzene rings is 1. The molecular formula is C16H26N2O2. The van der Waals surface area contributed by atoms with Gasteiger partial charge in [-0.25, -0.2) is 0 Å². The lowest BCUT2D eigenvalue weighted by molar-refractivity contribution is -0.128. The van der Waals surface area contributed by atoms with Crippen LogP contribution >= 0.6 is 0 Å². The summed E-state index contributed by atoms with van der Waals surface area (Å²) < 4.78 is 5.76. The first-order chi connectivity index (χ1) is 9.52. The molecule has 0 spiro atoms. The highest BCUT2D eigenvalue weighted by atomic mass is 16.5. The zero-order chi connectivity index (χ0) is 15.0. The molecule has 0 heterocycles. The maximum absolute atomic E-state index is 12.1. The number of aryl methyl sites for hydroxylation is 1. The lowest BCUT2D eigenvalue weighted by atomic mass is 10.2. The van der Waals surface area contributed by atoms with Gasteiger partial charge in [0.25, 0.3) is 5.91 Å². The zero-order valence-electron chi connectivity index (χ0n) is 13.0. The van der Waals surface area contributed by atoms with E-state index in [1.165, 1.54) is 0 Å². The topological polar surface area (TPSA) is 41.6 Å². The van der Waals surface area contributed by atoms with Gasteiger partial charge >= 0.3 is 0 Å². The smallest absolute Gasteiger partial charge is 0.261 e. The van der Waals surface area contributed by atoms with Crippen LogP contribution in [0, 0.1) is 6.92 Å². The number of nitrogens with one attached hydrogen (secondary N) is 1. The van der Waals surface area contributed by atoms with Crippen LogP contribution in [0.5, 0.6) is 5.75 Å². The summed E-state index contributed by atoms with van der Waals surface area (Å²) in [6.45, 7) is 5.62. The molecule has 0 fully saturated rings. The summed E-state index contributed by atoms with van der Waals surface area (Å²) in [7, 11) is 4.05. The highest BCUT2D eigenvalue weighted by Crippen LogP contribution is 2.15.